The number of hydrogen-bond acceptors (Lipinski definition) is 1. The van der Waals surface area contributed by atoms with E-state index in [0.717, 1.165) is 19.3 Å². The first-order valence-corrected chi connectivity index (χ1v) is 6.35. The highest BCUT2D eigenvalue weighted by Gasteiger charge is 2.11. The highest BCUT2D eigenvalue weighted by Crippen LogP contribution is 2.14. The third-order valence-corrected chi connectivity index (χ3v) is 3.03. The van der Waals surface area contributed by atoms with E-state index in [1.807, 2.05) is 32.9 Å². The lowest BCUT2D eigenvalue weighted by molar-refractivity contribution is -0.121. The second-order valence-electron chi connectivity index (χ2n) is 4.72. The SMILES string of the molecule is C/C=C/C(C)=C/[C@H](C)C(=O)CC[C@@H](C)CC. The average Bonchev–Trinajstić information content (AvgIpc) is 2.25. The van der Waals surface area contributed by atoms with Crippen LogP contribution in [0.5, 0.6) is 0 Å². The van der Waals surface area contributed by atoms with E-state index in [2.05, 4.69) is 19.9 Å². The fourth-order valence-electron chi connectivity index (χ4n) is 1.63. The molecule has 0 bridgehead atoms. The zero-order valence-electron chi connectivity index (χ0n) is 11.4. The number of carbonyl (C=O) groups is 1. The normalized spacial score (nSPS) is 16.4. The first-order valence-electron chi connectivity index (χ1n) is 6.35. The van der Waals surface area contributed by atoms with E-state index in [-0.39, 0.29) is 5.92 Å². The summed E-state index contributed by atoms with van der Waals surface area (Å²) < 4.78 is 0. The number of hydrogen-bond donors (Lipinski definition) is 0. The number of rotatable bonds is 7. The molecule has 0 unspecified atom stereocenters. The van der Waals surface area contributed by atoms with E-state index in [1.54, 1.807) is 0 Å². The van der Waals surface area contributed by atoms with Crippen molar-refractivity contribution in [3.8, 4) is 0 Å². The van der Waals surface area contributed by atoms with Crippen molar-refractivity contribution < 1.29 is 4.79 Å². The van der Waals surface area contributed by atoms with Crippen LogP contribution >= 0.6 is 0 Å². The van der Waals surface area contributed by atoms with Crippen molar-refractivity contribution in [2.24, 2.45) is 11.8 Å². The maximum absolute atomic E-state index is 11.8. The number of allylic oxidation sites excluding steroid dienone is 4. The van der Waals surface area contributed by atoms with Gasteiger partial charge >= 0.3 is 0 Å². The Morgan fingerprint density at radius 2 is 1.94 bits per heavy atom. The van der Waals surface area contributed by atoms with Crippen LogP contribution in [0.4, 0.5) is 0 Å². The maximum Gasteiger partial charge on any atom is 0.139 e. The van der Waals surface area contributed by atoms with Crippen LogP contribution in [-0.2, 0) is 4.79 Å². The summed E-state index contributed by atoms with van der Waals surface area (Å²) in [6.45, 7) is 10.4. The van der Waals surface area contributed by atoms with Gasteiger partial charge in [0.15, 0.2) is 0 Å². The van der Waals surface area contributed by atoms with Crippen molar-refractivity contribution in [2.45, 2.75) is 53.9 Å². The molecule has 0 heterocycles. The number of carbonyl (C=O) groups excluding carboxylic acids is 1. The molecular formula is C15H26O. The molecule has 0 aromatic carbocycles. The Kier molecular flexibility index (Phi) is 7.88. The highest BCUT2D eigenvalue weighted by atomic mass is 16.1. The summed E-state index contributed by atoms with van der Waals surface area (Å²) in [5.41, 5.74) is 1.17. The van der Waals surface area contributed by atoms with E-state index in [1.165, 1.54) is 5.57 Å². The molecule has 0 rings (SSSR count). The van der Waals surface area contributed by atoms with Gasteiger partial charge in [0, 0.05) is 12.3 Å². The molecule has 0 saturated carbocycles. The van der Waals surface area contributed by atoms with Crippen LogP contribution < -0.4 is 0 Å². The minimum Gasteiger partial charge on any atom is -0.299 e. The number of ketones is 1. The van der Waals surface area contributed by atoms with Crippen molar-refractivity contribution in [1.29, 1.82) is 0 Å². The molecule has 0 aromatic rings. The van der Waals surface area contributed by atoms with Crippen LogP contribution in [0.25, 0.3) is 0 Å². The molecule has 0 N–H and O–H groups in total. The largest absolute Gasteiger partial charge is 0.299 e. The van der Waals surface area contributed by atoms with Gasteiger partial charge in [-0.1, -0.05) is 51.0 Å². The Balaban J connectivity index is 4.14. The molecule has 0 saturated heterocycles. The topological polar surface area (TPSA) is 17.1 Å². The molecule has 2 atom stereocenters. The van der Waals surface area contributed by atoms with E-state index in [9.17, 15) is 4.79 Å². The molecular weight excluding hydrogens is 196 g/mol. The van der Waals surface area contributed by atoms with Gasteiger partial charge in [-0.15, -0.1) is 0 Å². The molecule has 0 aliphatic heterocycles. The van der Waals surface area contributed by atoms with Crippen molar-refractivity contribution in [3.63, 3.8) is 0 Å². The number of Topliss-reactive ketones (excluding diaryl/α,β-unsaturated/α-hetero) is 1. The first-order chi connectivity index (χ1) is 7.51. The Hall–Kier alpha value is -0.850. The smallest absolute Gasteiger partial charge is 0.139 e. The summed E-state index contributed by atoms with van der Waals surface area (Å²) in [5, 5.41) is 0. The zero-order chi connectivity index (χ0) is 12.6. The van der Waals surface area contributed by atoms with Crippen LogP contribution in [-0.4, -0.2) is 5.78 Å². The molecule has 0 spiro atoms. The molecule has 0 aromatic heterocycles. The molecule has 0 aliphatic carbocycles. The Morgan fingerprint density at radius 3 is 2.44 bits per heavy atom. The molecule has 0 aliphatic rings. The first kappa shape index (κ1) is 15.2. The second kappa shape index (κ2) is 8.32. The van der Waals surface area contributed by atoms with Gasteiger partial charge in [-0.3, -0.25) is 4.79 Å². The van der Waals surface area contributed by atoms with Gasteiger partial charge < -0.3 is 0 Å². The van der Waals surface area contributed by atoms with E-state index in [4.69, 9.17) is 0 Å². The molecule has 16 heavy (non-hydrogen) atoms. The van der Waals surface area contributed by atoms with Gasteiger partial charge in [0.05, 0.1) is 0 Å². The van der Waals surface area contributed by atoms with Crippen LogP contribution in [0.3, 0.4) is 0 Å². The van der Waals surface area contributed by atoms with Gasteiger partial charge in [-0.25, -0.2) is 0 Å². The monoisotopic (exact) mass is 222 g/mol. The average molecular weight is 222 g/mol. The summed E-state index contributed by atoms with van der Waals surface area (Å²) >= 11 is 0. The lowest BCUT2D eigenvalue weighted by Crippen LogP contribution is -2.10. The van der Waals surface area contributed by atoms with Gasteiger partial charge in [0.1, 0.15) is 5.78 Å². The van der Waals surface area contributed by atoms with E-state index >= 15 is 0 Å². The molecule has 1 nitrogen and oxygen atoms in total. The van der Waals surface area contributed by atoms with Crippen LogP contribution in [0.15, 0.2) is 23.8 Å². The zero-order valence-corrected chi connectivity index (χ0v) is 11.4. The van der Waals surface area contributed by atoms with Crippen molar-refractivity contribution in [1.82, 2.24) is 0 Å². The predicted octanol–water partition coefficient (Wildman–Crippen LogP) is 4.54. The lowest BCUT2D eigenvalue weighted by Gasteiger charge is -2.10. The summed E-state index contributed by atoms with van der Waals surface area (Å²) in [7, 11) is 0. The molecule has 0 radical (unpaired) electrons. The van der Waals surface area contributed by atoms with Crippen LogP contribution in [0, 0.1) is 11.8 Å². The quantitative estimate of drug-likeness (QED) is 0.578. The fourth-order valence-corrected chi connectivity index (χ4v) is 1.63. The summed E-state index contributed by atoms with van der Waals surface area (Å²) in [6.07, 6.45) is 9.00. The highest BCUT2D eigenvalue weighted by molar-refractivity contribution is 5.82. The molecule has 1 heteroatoms. The fraction of sp³-hybridized carbons (Fsp3) is 0.667. The van der Waals surface area contributed by atoms with E-state index in [0.29, 0.717) is 11.7 Å². The third kappa shape index (κ3) is 6.60. The van der Waals surface area contributed by atoms with Gasteiger partial charge in [-0.05, 0) is 26.2 Å². The molecule has 0 amide bonds. The van der Waals surface area contributed by atoms with Crippen molar-refractivity contribution in [2.75, 3.05) is 0 Å². The summed E-state index contributed by atoms with van der Waals surface area (Å²) in [5.74, 6) is 1.08. The minimum atomic E-state index is 0.0558. The van der Waals surface area contributed by atoms with Gasteiger partial charge in [-0.2, -0.15) is 0 Å². The van der Waals surface area contributed by atoms with E-state index < -0.39 is 0 Å². The summed E-state index contributed by atoms with van der Waals surface area (Å²) in [4.78, 5) is 11.8. The molecule has 0 fully saturated rings. The molecule has 92 valence electrons. The van der Waals surface area contributed by atoms with Gasteiger partial charge in [0.2, 0.25) is 0 Å². The second-order valence-corrected chi connectivity index (χ2v) is 4.72. The lowest BCUT2D eigenvalue weighted by atomic mass is 9.95. The van der Waals surface area contributed by atoms with Crippen LogP contribution in [0.1, 0.15) is 53.9 Å². The van der Waals surface area contributed by atoms with Crippen molar-refractivity contribution >= 4 is 5.78 Å². The van der Waals surface area contributed by atoms with Gasteiger partial charge in [0.25, 0.3) is 0 Å². The van der Waals surface area contributed by atoms with Crippen molar-refractivity contribution in [3.05, 3.63) is 23.8 Å². The Labute approximate surface area is 101 Å². The minimum absolute atomic E-state index is 0.0558. The maximum atomic E-state index is 11.8. The third-order valence-electron chi connectivity index (χ3n) is 3.03. The Bertz CT molecular complexity index is 261. The standard InChI is InChI=1S/C15H26O/c1-6-8-13(4)11-14(5)15(16)10-9-12(3)7-2/h6,8,11-12,14H,7,9-10H2,1-5H3/b8-6+,13-11+/t12-,14-/m0/s1. The van der Waals surface area contributed by atoms with Crippen LogP contribution in [0.2, 0.25) is 0 Å². The summed E-state index contributed by atoms with van der Waals surface area (Å²) in [6, 6.07) is 0. The predicted molar refractivity (Wildman–Crippen MR) is 71.4 cm³/mol. The Morgan fingerprint density at radius 1 is 1.31 bits per heavy atom.